The zero-order valence-corrected chi connectivity index (χ0v) is 18.5. The molecule has 0 bridgehead atoms. The van der Waals surface area contributed by atoms with Crippen molar-refractivity contribution in [2.45, 2.75) is 142 Å². The van der Waals surface area contributed by atoms with Crippen molar-refractivity contribution in [3.8, 4) is 0 Å². The number of rotatable bonds is 22. The number of hydrogen-bond donors (Lipinski definition) is 1. The van der Waals surface area contributed by atoms with Crippen LogP contribution in [0.3, 0.4) is 0 Å². The molecule has 0 aliphatic carbocycles. The normalized spacial score (nSPS) is 11.4. The Balaban J connectivity index is 3.05. The van der Waals surface area contributed by atoms with E-state index in [0.29, 0.717) is 6.42 Å². The minimum absolute atomic E-state index is 0.184. The number of primary amides is 1. The summed E-state index contributed by atoms with van der Waals surface area (Å²) in [7, 11) is 0. The van der Waals surface area contributed by atoms with E-state index in [-0.39, 0.29) is 5.91 Å². The fourth-order valence-corrected chi connectivity index (χ4v) is 3.62. The van der Waals surface area contributed by atoms with Crippen molar-refractivity contribution in [2.24, 2.45) is 5.73 Å². The molecule has 0 aromatic carbocycles. The number of carbonyl (C=O) groups excluding carboxylic acids is 1. The summed E-state index contributed by atoms with van der Waals surface area (Å²) < 4.78 is 0. The average molecular weight is 380 g/mol. The quantitative estimate of drug-likeness (QED) is 0.149. The number of nitrogens with two attached hydrogens (primary N) is 1. The van der Waals surface area contributed by atoms with Crippen LogP contribution in [-0.4, -0.2) is 5.91 Å². The lowest BCUT2D eigenvalue weighted by Gasteiger charge is -2.03. The third kappa shape index (κ3) is 25.2. The second kappa shape index (κ2) is 23.2. The summed E-state index contributed by atoms with van der Waals surface area (Å²) in [5.74, 6) is -0.184. The number of amides is 1. The van der Waals surface area contributed by atoms with Crippen molar-refractivity contribution < 1.29 is 4.79 Å². The van der Waals surface area contributed by atoms with Gasteiger partial charge in [-0.1, -0.05) is 122 Å². The van der Waals surface area contributed by atoms with Gasteiger partial charge in [0.1, 0.15) is 0 Å². The van der Waals surface area contributed by atoms with Crippen molar-refractivity contribution in [1.29, 1.82) is 0 Å². The molecule has 2 N–H and O–H groups in total. The van der Waals surface area contributed by atoms with Crippen molar-refractivity contribution in [1.82, 2.24) is 0 Å². The maximum absolute atomic E-state index is 10.6. The first-order valence-corrected chi connectivity index (χ1v) is 12.2. The van der Waals surface area contributed by atoms with E-state index in [2.05, 4.69) is 19.1 Å². The maximum atomic E-state index is 10.6. The van der Waals surface area contributed by atoms with E-state index in [9.17, 15) is 4.79 Å². The minimum atomic E-state index is -0.184. The summed E-state index contributed by atoms with van der Waals surface area (Å²) in [4.78, 5) is 10.6. The number of allylic oxidation sites excluding steroid dienone is 2. The standard InChI is InChI=1S/C25H49NO/c1-2-3-4-5-6-7-8-9-10-11-12-13-14-15-16-17-18-19-20-21-22-23-24-25(26)27/h20-21H,2-19,22-24H2,1H3,(H2,26,27)/b21-20+. The van der Waals surface area contributed by atoms with E-state index in [1.807, 2.05) is 0 Å². The first-order chi connectivity index (χ1) is 13.3. The highest BCUT2D eigenvalue weighted by Gasteiger charge is 1.95. The van der Waals surface area contributed by atoms with Crippen molar-refractivity contribution in [3.05, 3.63) is 12.2 Å². The van der Waals surface area contributed by atoms with E-state index in [0.717, 1.165) is 12.8 Å². The van der Waals surface area contributed by atoms with Gasteiger partial charge >= 0.3 is 0 Å². The zero-order valence-electron chi connectivity index (χ0n) is 18.5. The third-order valence-corrected chi connectivity index (χ3v) is 5.43. The van der Waals surface area contributed by atoms with Gasteiger partial charge < -0.3 is 5.73 Å². The Kier molecular flexibility index (Phi) is 22.6. The third-order valence-electron chi connectivity index (χ3n) is 5.43. The van der Waals surface area contributed by atoms with Gasteiger partial charge in [0.05, 0.1) is 0 Å². The number of hydrogen-bond acceptors (Lipinski definition) is 1. The molecule has 27 heavy (non-hydrogen) atoms. The van der Waals surface area contributed by atoms with E-state index >= 15 is 0 Å². The van der Waals surface area contributed by atoms with E-state index in [1.165, 1.54) is 116 Å². The summed E-state index contributed by atoms with van der Waals surface area (Å²) in [6.45, 7) is 2.29. The van der Waals surface area contributed by atoms with Gasteiger partial charge in [-0.15, -0.1) is 0 Å². The Morgan fingerprint density at radius 1 is 0.556 bits per heavy atom. The van der Waals surface area contributed by atoms with Crippen molar-refractivity contribution in [2.75, 3.05) is 0 Å². The molecule has 0 saturated heterocycles. The maximum Gasteiger partial charge on any atom is 0.217 e. The summed E-state index contributed by atoms with van der Waals surface area (Å²) in [5.41, 5.74) is 5.12. The lowest BCUT2D eigenvalue weighted by Crippen LogP contribution is -2.09. The van der Waals surface area contributed by atoms with Crippen molar-refractivity contribution >= 4 is 5.91 Å². The molecule has 0 rings (SSSR count). The molecule has 0 atom stereocenters. The first kappa shape index (κ1) is 26.2. The highest BCUT2D eigenvalue weighted by molar-refractivity contribution is 5.73. The second-order valence-corrected chi connectivity index (χ2v) is 8.28. The molecule has 0 heterocycles. The molecule has 0 aromatic heterocycles. The van der Waals surface area contributed by atoms with Gasteiger partial charge in [-0.05, 0) is 25.7 Å². The Labute approximate surface area is 170 Å². The summed E-state index contributed by atoms with van der Waals surface area (Å²) >= 11 is 0. The summed E-state index contributed by atoms with van der Waals surface area (Å²) in [6.07, 6.45) is 32.3. The number of unbranched alkanes of at least 4 members (excludes halogenated alkanes) is 18. The van der Waals surface area contributed by atoms with Crippen LogP contribution in [0.15, 0.2) is 12.2 Å². The molecule has 2 heteroatoms. The van der Waals surface area contributed by atoms with Crippen LogP contribution in [0.5, 0.6) is 0 Å². The fraction of sp³-hybridized carbons (Fsp3) is 0.880. The molecule has 2 nitrogen and oxygen atoms in total. The molecule has 0 unspecified atom stereocenters. The van der Waals surface area contributed by atoms with Crippen LogP contribution >= 0.6 is 0 Å². The van der Waals surface area contributed by atoms with Crippen molar-refractivity contribution in [3.63, 3.8) is 0 Å². The number of carbonyl (C=O) groups is 1. The molecular weight excluding hydrogens is 330 g/mol. The molecule has 1 amide bonds. The van der Waals surface area contributed by atoms with Gasteiger partial charge in [-0.25, -0.2) is 0 Å². The van der Waals surface area contributed by atoms with E-state index in [1.54, 1.807) is 0 Å². The van der Waals surface area contributed by atoms with Crippen LogP contribution < -0.4 is 5.73 Å². The molecule has 0 fully saturated rings. The van der Waals surface area contributed by atoms with E-state index < -0.39 is 0 Å². The lowest BCUT2D eigenvalue weighted by atomic mass is 10.0. The van der Waals surface area contributed by atoms with Crippen LogP contribution in [0.1, 0.15) is 142 Å². The smallest absolute Gasteiger partial charge is 0.217 e. The molecule has 0 saturated carbocycles. The van der Waals surface area contributed by atoms with Crippen LogP contribution in [-0.2, 0) is 4.79 Å². The summed E-state index contributed by atoms with van der Waals surface area (Å²) in [5, 5.41) is 0. The van der Waals surface area contributed by atoms with Crippen LogP contribution in [0, 0.1) is 0 Å². The van der Waals surface area contributed by atoms with Gasteiger partial charge in [0.25, 0.3) is 0 Å². The molecule has 160 valence electrons. The van der Waals surface area contributed by atoms with Crippen LogP contribution in [0.25, 0.3) is 0 Å². The van der Waals surface area contributed by atoms with Gasteiger partial charge in [0.15, 0.2) is 0 Å². The Morgan fingerprint density at radius 2 is 0.889 bits per heavy atom. The SMILES string of the molecule is CCCCCCCCCCCCCCCCCCC/C=C/CCCC(N)=O. The predicted molar refractivity (Wildman–Crippen MR) is 121 cm³/mol. The summed E-state index contributed by atoms with van der Waals surface area (Å²) in [6, 6.07) is 0. The molecule has 0 aliphatic rings. The highest BCUT2D eigenvalue weighted by Crippen LogP contribution is 2.14. The Hall–Kier alpha value is -0.790. The van der Waals surface area contributed by atoms with Gasteiger partial charge in [0, 0.05) is 6.42 Å². The predicted octanol–water partition coefficient (Wildman–Crippen LogP) is 8.24. The molecule has 0 aliphatic heterocycles. The van der Waals surface area contributed by atoms with Crippen LogP contribution in [0.2, 0.25) is 0 Å². The van der Waals surface area contributed by atoms with Gasteiger partial charge in [-0.3, -0.25) is 4.79 Å². The zero-order chi connectivity index (χ0) is 19.8. The molecule has 0 radical (unpaired) electrons. The average Bonchev–Trinajstić information content (AvgIpc) is 2.65. The topological polar surface area (TPSA) is 43.1 Å². The monoisotopic (exact) mass is 379 g/mol. The molecule has 0 spiro atoms. The largest absolute Gasteiger partial charge is 0.370 e. The Bertz CT molecular complexity index is 324. The fourth-order valence-electron chi connectivity index (χ4n) is 3.62. The molecular formula is C25H49NO. The second-order valence-electron chi connectivity index (χ2n) is 8.28. The van der Waals surface area contributed by atoms with Gasteiger partial charge in [0.2, 0.25) is 5.91 Å². The first-order valence-electron chi connectivity index (χ1n) is 12.2. The minimum Gasteiger partial charge on any atom is -0.370 e. The van der Waals surface area contributed by atoms with E-state index in [4.69, 9.17) is 5.73 Å². The highest BCUT2D eigenvalue weighted by atomic mass is 16.1. The molecule has 0 aromatic rings. The van der Waals surface area contributed by atoms with Gasteiger partial charge in [-0.2, -0.15) is 0 Å². The van der Waals surface area contributed by atoms with Crippen LogP contribution in [0.4, 0.5) is 0 Å². The lowest BCUT2D eigenvalue weighted by molar-refractivity contribution is -0.118. The Morgan fingerprint density at radius 3 is 1.26 bits per heavy atom.